The first-order valence-electron chi connectivity index (χ1n) is 7.31. The summed E-state index contributed by atoms with van der Waals surface area (Å²) in [5, 5.41) is 0. The largest absolute Gasteiger partial charge is 0.298 e. The van der Waals surface area contributed by atoms with Crippen molar-refractivity contribution in [3.05, 3.63) is 94.2 Å². The SMILES string of the molecule is O=Cc1ccc(F)cc1.O=Cc1ccc(Sc2ccccc2Br)cc1. The molecule has 0 saturated carbocycles. The van der Waals surface area contributed by atoms with Crippen molar-refractivity contribution in [1.82, 2.24) is 0 Å². The zero-order valence-electron chi connectivity index (χ0n) is 13.1. The van der Waals surface area contributed by atoms with Gasteiger partial charge in [0.25, 0.3) is 0 Å². The molecule has 0 bridgehead atoms. The molecule has 3 aromatic carbocycles. The van der Waals surface area contributed by atoms with E-state index in [4.69, 9.17) is 0 Å². The van der Waals surface area contributed by atoms with Gasteiger partial charge in [-0.25, -0.2) is 4.39 Å². The van der Waals surface area contributed by atoms with E-state index in [1.165, 1.54) is 29.2 Å². The van der Waals surface area contributed by atoms with Crippen molar-refractivity contribution in [2.24, 2.45) is 0 Å². The molecule has 126 valence electrons. The standard InChI is InChI=1S/C13H9BrOS.C7H5FO/c14-12-3-1-2-4-13(12)16-11-7-5-10(9-15)6-8-11;8-7-3-1-6(5-9)2-4-7/h1-9H;1-5H. The summed E-state index contributed by atoms with van der Waals surface area (Å²) in [5.41, 5.74) is 1.20. The minimum Gasteiger partial charge on any atom is -0.298 e. The normalized spacial score (nSPS) is 9.68. The lowest BCUT2D eigenvalue weighted by atomic mass is 10.2. The quantitative estimate of drug-likeness (QED) is 0.485. The Morgan fingerprint density at radius 1 is 0.760 bits per heavy atom. The van der Waals surface area contributed by atoms with Crippen LogP contribution in [0.3, 0.4) is 0 Å². The van der Waals surface area contributed by atoms with Gasteiger partial charge >= 0.3 is 0 Å². The highest BCUT2D eigenvalue weighted by Gasteiger charge is 2.01. The molecule has 0 atom stereocenters. The van der Waals surface area contributed by atoms with E-state index in [2.05, 4.69) is 22.0 Å². The van der Waals surface area contributed by atoms with Crippen molar-refractivity contribution in [2.75, 3.05) is 0 Å². The predicted octanol–water partition coefficient (Wildman–Crippen LogP) is 6.05. The van der Waals surface area contributed by atoms with Crippen molar-refractivity contribution in [3.63, 3.8) is 0 Å². The van der Waals surface area contributed by atoms with Crippen LogP contribution in [0.25, 0.3) is 0 Å². The predicted molar refractivity (Wildman–Crippen MR) is 102 cm³/mol. The maximum atomic E-state index is 12.1. The maximum absolute atomic E-state index is 12.1. The van der Waals surface area contributed by atoms with Gasteiger partial charge in [-0.15, -0.1) is 0 Å². The van der Waals surface area contributed by atoms with Gasteiger partial charge < -0.3 is 0 Å². The fraction of sp³-hybridized carbons (Fsp3) is 0. The molecule has 3 aromatic rings. The molecular formula is C20H14BrFO2S. The van der Waals surface area contributed by atoms with E-state index in [9.17, 15) is 14.0 Å². The molecule has 0 radical (unpaired) electrons. The van der Waals surface area contributed by atoms with Gasteiger partial charge in [-0.1, -0.05) is 36.0 Å². The van der Waals surface area contributed by atoms with Crippen LogP contribution in [0.2, 0.25) is 0 Å². The van der Waals surface area contributed by atoms with Crippen molar-refractivity contribution in [3.8, 4) is 0 Å². The van der Waals surface area contributed by atoms with Gasteiger partial charge in [-0.05, 0) is 64.5 Å². The number of benzene rings is 3. The summed E-state index contributed by atoms with van der Waals surface area (Å²) in [6.45, 7) is 0. The highest BCUT2D eigenvalue weighted by molar-refractivity contribution is 9.10. The monoisotopic (exact) mass is 416 g/mol. The number of halogens is 2. The van der Waals surface area contributed by atoms with Gasteiger partial charge in [-0.3, -0.25) is 9.59 Å². The first-order valence-corrected chi connectivity index (χ1v) is 8.91. The van der Waals surface area contributed by atoms with Crippen LogP contribution in [0.5, 0.6) is 0 Å². The molecule has 0 aliphatic rings. The van der Waals surface area contributed by atoms with Crippen molar-refractivity contribution in [1.29, 1.82) is 0 Å². The fourth-order valence-electron chi connectivity index (χ4n) is 1.81. The Kier molecular flexibility index (Phi) is 7.57. The molecule has 0 amide bonds. The summed E-state index contributed by atoms with van der Waals surface area (Å²) in [4.78, 5) is 22.8. The Balaban J connectivity index is 0.000000212. The molecule has 0 aromatic heterocycles. The van der Waals surface area contributed by atoms with Gasteiger partial charge in [-0.2, -0.15) is 0 Å². The van der Waals surface area contributed by atoms with Gasteiger partial charge in [0.1, 0.15) is 18.4 Å². The molecule has 0 heterocycles. The fourth-order valence-corrected chi connectivity index (χ4v) is 3.18. The van der Waals surface area contributed by atoms with E-state index in [0.717, 1.165) is 15.7 Å². The van der Waals surface area contributed by atoms with E-state index in [-0.39, 0.29) is 5.82 Å². The molecule has 5 heteroatoms. The molecule has 0 saturated heterocycles. The number of carbonyl (C=O) groups excluding carboxylic acids is 2. The van der Waals surface area contributed by atoms with Crippen molar-refractivity contribution < 1.29 is 14.0 Å². The molecule has 2 nitrogen and oxygen atoms in total. The summed E-state index contributed by atoms with van der Waals surface area (Å²) in [5.74, 6) is -0.319. The zero-order chi connectivity index (χ0) is 18.1. The highest BCUT2D eigenvalue weighted by Crippen LogP contribution is 2.33. The molecule has 0 aliphatic heterocycles. The molecule has 3 rings (SSSR count). The third kappa shape index (κ3) is 6.29. The van der Waals surface area contributed by atoms with Crippen LogP contribution in [0.1, 0.15) is 20.7 Å². The minimum atomic E-state index is -0.319. The number of carbonyl (C=O) groups is 2. The second kappa shape index (κ2) is 9.91. The Labute approximate surface area is 158 Å². The van der Waals surface area contributed by atoms with E-state index < -0.39 is 0 Å². The average Bonchev–Trinajstić information content (AvgIpc) is 2.65. The summed E-state index contributed by atoms with van der Waals surface area (Å²) in [7, 11) is 0. The van der Waals surface area contributed by atoms with E-state index in [1.807, 2.05) is 42.5 Å². The van der Waals surface area contributed by atoms with E-state index >= 15 is 0 Å². The lowest BCUT2D eigenvalue weighted by Gasteiger charge is -2.03. The Morgan fingerprint density at radius 2 is 1.28 bits per heavy atom. The van der Waals surface area contributed by atoms with Gasteiger partial charge in [0.05, 0.1) is 0 Å². The van der Waals surface area contributed by atoms with E-state index in [0.29, 0.717) is 17.4 Å². The van der Waals surface area contributed by atoms with Crippen LogP contribution in [0.4, 0.5) is 4.39 Å². The Bertz CT molecular complexity index is 833. The summed E-state index contributed by atoms with van der Waals surface area (Å²) < 4.78 is 13.2. The maximum Gasteiger partial charge on any atom is 0.150 e. The van der Waals surface area contributed by atoms with Crippen molar-refractivity contribution >= 4 is 40.3 Å². The van der Waals surface area contributed by atoms with E-state index in [1.54, 1.807) is 11.8 Å². The number of hydrogen-bond acceptors (Lipinski definition) is 3. The van der Waals surface area contributed by atoms with Crippen LogP contribution in [0, 0.1) is 5.82 Å². The molecule has 0 fully saturated rings. The molecule has 0 aliphatic carbocycles. The highest BCUT2D eigenvalue weighted by atomic mass is 79.9. The third-order valence-corrected chi connectivity index (χ3v) is 5.12. The topological polar surface area (TPSA) is 34.1 Å². The smallest absolute Gasteiger partial charge is 0.150 e. The van der Waals surface area contributed by atoms with Gasteiger partial charge in [0, 0.05) is 25.4 Å². The lowest BCUT2D eigenvalue weighted by molar-refractivity contribution is 0.111. The molecule has 25 heavy (non-hydrogen) atoms. The average molecular weight is 417 g/mol. The summed E-state index contributed by atoms with van der Waals surface area (Å²) in [6.07, 6.45) is 1.53. The second-order valence-electron chi connectivity index (χ2n) is 4.89. The van der Waals surface area contributed by atoms with Gasteiger partial charge in [0.15, 0.2) is 0 Å². The zero-order valence-corrected chi connectivity index (χ0v) is 15.5. The molecule has 0 unspecified atom stereocenters. The lowest BCUT2D eigenvalue weighted by Crippen LogP contribution is -1.79. The first-order chi connectivity index (χ1) is 12.1. The number of hydrogen-bond donors (Lipinski definition) is 0. The summed E-state index contributed by atoms with van der Waals surface area (Å²) in [6, 6.07) is 21.0. The van der Waals surface area contributed by atoms with Crippen LogP contribution in [-0.4, -0.2) is 12.6 Å². The Morgan fingerprint density at radius 3 is 1.80 bits per heavy atom. The summed E-state index contributed by atoms with van der Waals surface area (Å²) >= 11 is 5.18. The number of rotatable bonds is 4. The van der Waals surface area contributed by atoms with Gasteiger partial charge in [0.2, 0.25) is 0 Å². The van der Waals surface area contributed by atoms with Crippen LogP contribution in [-0.2, 0) is 0 Å². The Hall–Kier alpha value is -2.24. The minimum absolute atomic E-state index is 0.319. The molecule has 0 N–H and O–H groups in total. The molecular weight excluding hydrogens is 403 g/mol. The van der Waals surface area contributed by atoms with Crippen LogP contribution < -0.4 is 0 Å². The third-order valence-electron chi connectivity index (χ3n) is 3.09. The van der Waals surface area contributed by atoms with Crippen LogP contribution >= 0.6 is 27.7 Å². The number of aldehydes is 2. The second-order valence-corrected chi connectivity index (χ2v) is 6.86. The van der Waals surface area contributed by atoms with Crippen molar-refractivity contribution in [2.45, 2.75) is 9.79 Å². The first kappa shape index (κ1) is 19.1. The molecule has 0 spiro atoms. The van der Waals surface area contributed by atoms with Crippen LogP contribution in [0.15, 0.2) is 87.1 Å².